The SMILES string of the molecule is COc1ccc(CN2C[C@@H]3CC[C@H](C2)N(C(=O)c2cc(C4CC4)[nH]n2)C3)cc1. The minimum absolute atomic E-state index is 0.101. The van der Waals surface area contributed by atoms with E-state index in [0.717, 1.165) is 44.0 Å². The molecule has 0 unspecified atom stereocenters. The standard InChI is InChI=1S/C22H28N4O2/c1-28-19-8-3-15(4-9-19)11-25-12-16-2-7-18(14-25)26(13-16)22(27)21-10-20(23-24-21)17-5-6-17/h3-4,8-10,16-18H,2,5-7,11-14H2,1H3,(H,23,24)/t16-,18+/m0/s1. The molecule has 6 nitrogen and oxygen atoms in total. The number of fused-ring (bicyclic) bond motifs is 4. The molecule has 1 aromatic heterocycles. The van der Waals surface area contributed by atoms with Crippen LogP contribution in [0.15, 0.2) is 30.3 Å². The molecule has 1 N–H and O–H groups in total. The summed E-state index contributed by atoms with van der Waals surface area (Å²) in [7, 11) is 1.69. The summed E-state index contributed by atoms with van der Waals surface area (Å²) in [5.41, 5.74) is 3.02. The summed E-state index contributed by atoms with van der Waals surface area (Å²) in [6, 6.07) is 10.6. The number of methoxy groups -OCH3 is 1. The third-order valence-electron chi connectivity index (χ3n) is 6.45. The van der Waals surface area contributed by atoms with Gasteiger partial charge in [-0.1, -0.05) is 12.1 Å². The van der Waals surface area contributed by atoms with Crippen LogP contribution in [0, 0.1) is 5.92 Å². The highest BCUT2D eigenvalue weighted by Gasteiger charge is 2.38. The number of H-pyrrole nitrogens is 1. The molecule has 6 rings (SSSR count). The van der Waals surface area contributed by atoms with Crippen LogP contribution in [-0.4, -0.2) is 58.7 Å². The van der Waals surface area contributed by atoms with E-state index in [2.05, 4.69) is 32.1 Å². The number of aromatic nitrogens is 2. The Kier molecular flexibility index (Phi) is 4.59. The largest absolute Gasteiger partial charge is 0.497 e. The Labute approximate surface area is 165 Å². The first-order valence-corrected chi connectivity index (χ1v) is 10.4. The second-order valence-electron chi connectivity index (χ2n) is 8.58. The lowest BCUT2D eigenvalue weighted by Crippen LogP contribution is -2.47. The molecule has 28 heavy (non-hydrogen) atoms. The van der Waals surface area contributed by atoms with Gasteiger partial charge in [0.05, 0.1) is 7.11 Å². The van der Waals surface area contributed by atoms with Gasteiger partial charge in [-0.25, -0.2) is 0 Å². The fourth-order valence-electron chi connectivity index (χ4n) is 4.74. The molecule has 0 radical (unpaired) electrons. The molecule has 4 aliphatic rings. The molecule has 3 aliphatic heterocycles. The maximum absolute atomic E-state index is 13.1. The topological polar surface area (TPSA) is 61.5 Å². The number of nitrogens with zero attached hydrogens (tertiary/aromatic N) is 3. The van der Waals surface area contributed by atoms with E-state index in [-0.39, 0.29) is 11.9 Å². The lowest BCUT2D eigenvalue weighted by molar-refractivity contribution is 0.0579. The monoisotopic (exact) mass is 380 g/mol. The van der Waals surface area contributed by atoms with Crippen molar-refractivity contribution in [3.05, 3.63) is 47.3 Å². The molecule has 2 atom stereocenters. The quantitative estimate of drug-likeness (QED) is 0.866. The molecule has 1 saturated carbocycles. The summed E-state index contributed by atoms with van der Waals surface area (Å²) >= 11 is 0. The third-order valence-corrected chi connectivity index (χ3v) is 6.45. The Morgan fingerprint density at radius 1 is 1.14 bits per heavy atom. The fraction of sp³-hybridized carbons (Fsp3) is 0.545. The van der Waals surface area contributed by atoms with Crippen LogP contribution in [0.4, 0.5) is 0 Å². The Hall–Kier alpha value is -2.34. The van der Waals surface area contributed by atoms with Gasteiger partial charge in [0.2, 0.25) is 0 Å². The summed E-state index contributed by atoms with van der Waals surface area (Å²) in [6.07, 6.45) is 4.73. The number of nitrogens with one attached hydrogen (secondary N) is 1. The molecule has 2 bridgehead atoms. The number of piperidine rings is 1. The van der Waals surface area contributed by atoms with Gasteiger partial charge in [-0.2, -0.15) is 5.10 Å². The van der Waals surface area contributed by atoms with E-state index in [1.807, 2.05) is 18.2 Å². The lowest BCUT2D eigenvalue weighted by atomic mass is 9.94. The van der Waals surface area contributed by atoms with E-state index in [9.17, 15) is 4.79 Å². The van der Waals surface area contributed by atoms with Gasteiger partial charge in [0.25, 0.3) is 5.91 Å². The van der Waals surface area contributed by atoms with E-state index in [1.54, 1.807) is 7.11 Å². The zero-order valence-corrected chi connectivity index (χ0v) is 16.4. The number of ether oxygens (including phenoxy) is 1. The minimum Gasteiger partial charge on any atom is -0.497 e. The number of aromatic amines is 1. The maximum atomic E-state index is 13.1. The maximum Gasteiger partial charge on any atom is 0.274 e. The molecule has 4 fully saturated rings. The highest BCUT2D eigenvalue weighted by Crippen LogP contribution is 2.39. The minimum atomic E-state index is 0.101. The molecule has 6 heteroatoms. The van der Waals surface area contributed by atoms with Crippen LogP contribution in [0.2, 0.25) is 0 Å². The van der Waals surface area contributed by atoms with Crippen LogP contribution in [0.3, 0.4) is 0 Å². The molecule has 4 heterocycles. The molecule has 1 amide bonds. The summed E-state index contributed by atoms with van der Waals surface area (Å²) in [5, 5.41) is 7.41. The fourth-order valence-corrected chi connectivity index (χ4v) is 4.74. The van der Waals surface area contributed by atoms with Gasteiger partial charge in [-0.05, 0) is 55.4 Å². The van der Waals surface area contributed by atoms with Crippen molar-refractivity contribution in [2.24, 2.45) is 5.92 Å². The van der Waals surface area contributed by atoms with Crippen LogP contribution in [0.1, 0.15) is 53.3 Å². The predicted molar refractivity (Wildman–Crippen MR) is 106 cm³/mol. The Morgan fingerprint density at radius 3 is 2.71 bits per heavy atom. The molecule has 3 saturated heterocycles. The molecule has 1 aromatic carbocycles. The number of amides is 1. The molecular formula is C22H28N4O2. The second-order valence-corrected chi connectivity index (χ2v) is 8.58. The van der Waals surface area contributed by atoms with Gasteiger partial charge in [0.15, 0.2) is 0 Å². The first-order chi connectivity index (χ1) is 13.7. The molecular weight excluding hydrogens is 352 g/mol. The van der Waals surface area contributed by atoms with E-state index in [0.29, 0.717) is 17.5 Å². The van der Waals surface area contributed by atoms with Gasteiger partial charge in [0, 0.05) is 43.8 Å². The van der Waals surface area contributed by atoms with Crippen LogP contribution in [0.5, 0.6) is 5.75 Å². The van der Waals surface area contributed by atoms with Crippen molar-refractivity contribution in [1.82, 2.24) is 20.0 Å². The van der Waals surface area contributed by atoms with Crippen molar-refractivity contribution in [1.29, 1.82) is 0 Å². The van der Waals surface area contributed by atoms with E-state index >= 15 is 0 Å². The Bertz CT molecular complexity index is 842. The smallest absolute Gasteiger partial charge is 0.274 e. The van der Waals surface area contributed by atoms with Gasteiger partial charge < -0.3 is 9.64 Å². The number of hydrogen-bond acceptors (Lipinski definition) is 4. The predicted octanol–water partition coefficient (Wildman–Crippen LogP) is 3.03. The number of hydrogen-bond donors (Lipinski definition) is 1. The van der Waals surface area contributed by atoms with Crippen molar-refractivity contribution in [2.45, 2.75) is 44.2 Å². The summed E-state index contributed by atoms with van der Waals surface area (Å²) < 4.78 is 5.26. The highest BCUT2D eigenvalue weighted by atomic mass is 16.5. The van der Waals surface area contributed by atoms with Crippen molar-refractivity contribution in [2.75, 3.05) is 26.7 Å². The van der Waals surface area contributed by atoms with Gasteiger partial charge >= 0.3 is 0 Å². The van der Waals surface area contributed by atoms with Crippen molar-refractivity contribution >= 4 is 5.91 Å². The first kappa shape index (κ1) is 17.7. The lowest BCUT2D eigenvalue weighted by Gasteiger charge is -2.35. The van der Waals surface area contributed by atoms with Gasteiger partial charge in [0.1, 0.15) is 11.4 Å². The van der Waals surface area contributed by atoms with E-state index < -0.39 is 0 Å². The van der Waals surface area contributed by atoms with Crippen molar-refractivity contribution < 1.29 is 9.53 Å². The zero-order chi connectivity index (χ0) is 19.1. The van der Waals surface area contributed by atoms with Crippen molar-refractivity contribution in [3.8, 4) is 5.75 Å². The van der Waals surface area contributed by atoms with Crippen LogP contribution >= 0.6 is 0 Å². The van der Waals surface area contributed by atoms with E-state index in [1.165, 1.54) is 24.8 Å². The zero-order valence-electron chi connectivity index (χ0n) is 16.4. The molecule has 0 spiro atoms. The Balaban J connectivity index is 1.28. The van der Waals surface area contributed by atoms with Crippen LogP contribution in [-0.2, 0) is 6.54 Å². The highest BCUT2D eigenvalue weighted by molar-refractivity contribution is 5.92. The van der Waals surface area contributed by atoms with Crippen molar-refractivity contribution in [3.63, 3.8) is 0 Å². The number of rotatable bonds is 5. The van der Waals surface area contributed by atoms with E-state index in [4.69, 9.17) is 4.74 Å². The summed E-state index contributed by atoms with van der Waals surface area (Å²) in [4.78, 5) is 17.7. The average molecular weight is 380 g/mol. The average Bonchev–Trinajstić information content (AvgIpc) is 3.51. The molecule has 148 valence electrons. The van der Waals surface area contributed by atoms with Gasteiger partial charge in [-0.15, -0.1) is 0 Å². The second kappa shape index (κ2) is 7.24. The third kappa shape index (κ3) is 3.53. The summed E-state index contributed by atoms with van der Waals surface area (Å²) in [5.74, 6) is 2.13. The summed E-state index contributed by atoms with van der Waals surface area (Å²) in [6.45, 7) is 3.77. The van der Waals surface area contributed by atoms with Gasteiger partial charge in [-0.3, -0.25) is 14.8 Å². The van der Waals surface area contributed by atoms with Crippen LogP contribution in [0.25, 0.3) is 0 Å². The molecule has 1 aliphatic carbocycles. The first-order valence-electron chi connectivity index (χ1n) is 10.4. The molecule has 2 aromatic rings. The van der Waals surface area contributed by atoms with Crippen LogP contribution < -0.4 is 4.74 Å². The number of benzene rings is 1. The Morgan fingerprint density at radius 2 is 1.96 bits per heavy atom. The number of carbonyl (C=O) groups excluding carboxylic acids is 1. The normalized spacial score (nSPS) is 25.0. The number of carbonyl (C=O) groups is 1.